The summed E-state index contributed by atoms with van der Waals surface area (Å²) in [5.41, 5.74) is 1.42. The van der Waals surface area contributed by atoms with Gasteiger partial charge in [-0.1, -0.05) is 0 Å². The number of nitrogens with one attached hydrogen (secondary N) is 3. The lowest BCUT2D eigenvalue weighted by Crippen LogP contribution is -3.05. The van der Waals surface area contributed by atoms with E-state index in [0.717, 1.165) is 42.7 Å². The molecule has 7 heteroatoms. The van der Waals surface area contributed by atoms with E-state index < -0.39 is 0 Å². The summed E-state index contributed by atoms with van der Waals surface area (Å²) >= 11 is 5.51. The van der Waals surface area contributed by atoms with Gasteiger partial charge >= 0.3 is 0 Å². The zero-order chi connectivity index (χ0) is 19.1. The Morgan fingerprint density at radius 3 is 2.77 bits per heavy atom. The van der Waals surface area contributed by atoms with Crippen molar-refractivity contribution in [2.45, 2.75) is 19.9 Å². The summed E-state index contributed by atoms with van der Waals surface area (Å²) in [6, 6.07) is 7.56. The van der Waals surface area contributed by atoms with Crippen LogP contribution in [-0.4, -0.2) is 55.8 Å². The van der Waals surface area contributed by atoms with Gasteiger partial charge in [0.1, 0.15) is 5.75 Å². The molecule has 142 valence electrons. The van der Waals surface area contributed by atoms with Crippen molar-refractivity contribution in [3.63, 3.8) is 0 Å². The van der Waals surface area contributed by atoms with Crippen molar-refractivity contribution in [1.82, 2.24) is 15.2 Å². The van der Waals surface area contributed by atoms with E-state index in [4.69, 9.17) is 17.0 Å². The number of aromatic amines is 1. The van der Waals surface area contributed by atoms with Crippen LogP contribution in [0.25, 0.3) is 10.9 Å². The van der Waals surface area contributed by atoms with E-state index in [2.05, 4.69) is 29.3 Å². The molecule has 0 aliphatic rings. The van der Waals surface area contributed by atoms with Crippen LogP contribution in [0.3, 0.4) is 0 Å². The summed E-state index contributed by atoms with van der Waals surface area (Å²) in [6.07, 6.45) is 1.01. The van der Waals surface area contributed by atoms with Crippen LogP contribution in [0.2, 0.25) is 0 Å². The van der Waals surface area contributed by atoms with Gasteiger partial charge in [-0.05, 0) is 43.4 Å². The first-order chi connectivity index (χ1) is 12.4. The molecule has 26 heavy (non-hydrogen) atoms. The van der Waals surface area contributed by atoms with Crippen molar-refractivity contribution in [3.8, 4) is 5.75 Å². The number of aromatic nitrogens is 1. The molecule has 0 bridgehead atoms. The average Bonchev–Trinajstić information content (AvgIpc) is 2.60. The molecule has 6 nitrogen and oxygen atoms in total. The SMILES string of the molecule is CCNC(=S)N(CCC[NH+](C)C)Cc1cc2cc(OC)ccc2[nH]c1=O. The molecule has 1 heterocycles. The summed E-state index contributed by atoms with van der Waals surface area (Å²) in [4.78, 5) is 18.9. The predicted molar refractivity (Wildman–Crippen MR) is 110 cm³/mol. The van der Waals surface area contributed by atoms with Crippen LogP contribution in [0, 0.1) is 0 Å². The van der Waals surface area contributed by atoms with Crippen molar-refractivity contribution in [1.29, 1.82) is 0 Å². The third-order valence-electron chi connectivity index (χ3n) is 4.21. The first-order valence-corrected chi connectivity index (χ1v) is 9.37. The number of benzene rings is 1. The summed E-state index contributed by atoms with van der Waals surface area (Å²) in [5.74, 6) is 0.768. The Morgan fingerprint density at radius 2 is 2.12 bits per heavy atom. The zero-order valence-corrected chi connectivity index (χ0v) is 16.8. The molecule has 0 atom stereocenters. The Kier molecular flexibility index (Phi) is 7.41. The van der Waals surface area contributed by atoms with E-state index in [0.29, 0.717) is 17.2 Å². The third-order valence-corrected chi connectivity index (χ3v) is 4.61. The molecule has 0 amide bonds. The fourth-order valence-corrected chi connectivity index (χ4v) is 3.12. The number of methoxy groups -OCH3 is 1. The Morgan fingerprint density at radius 1 is 1.35 bits per heavy atom. The molecule has 0 spiro atoms. The minimum atomic E-state index is -0.0785. The molecule has 0 saturated carbocycles. The highest BCUT2D eigenvalue weighted by Crippen LogP contribution is 2.19. The predicted octanol–water partition coefficient (Wildman–Crippen LogP) is 0.768. The summed E-state index contributed by atoms with van der Waals surface area (Å²) in [7, 11) is 5.90. The van der Waals surface area contributed by atoms with Crippen LogP contribution >= 0.6 is 12.2 Å². The monoisotopic (exact) mass is 377 g/mol. The van der Waals surface area contributed by atoms with Gasteiger partial charge in [-0.2, -0.15) is 0 Å². The van der Waals surface area contributed by atoms with Gasteiger partial charge in [0, 0.05) is 36.0 Å². The molecule has 0 saturated heterocycles. The van der Waals surface area contributed by atoms with E-state index in [-0.39, 0.29) is 5.56 Å². The second-order valence-electron chi connectivity index (χ2n) is 6.64. The molecule has 0 unspecified atom stereocenters. The topological polar surface area (TPSA) is 61.8 Å². The van der Waals surface area contributed by atoms with Crippen molar-refractivity contribution in [2.75, 3.05) is 40.8 Å². The number of thiocarbonyl (C=S) groups is 1. The number of pyridine rings is 1. The third kappa shape index (κ3) is 5.44. The Hall–Kier alpha value is -2.12. The van der Waals surface area contributed by atoms with Crippen molar-refractivity contribution in [3.05, 3.63) is 40.2 Å². The van der Waals surface area contributed by atoms with Gasteiger partial charge in [-0.25, -0.2) is 0 Å². The fourth-order valence-electron chi connectivity index (χ4n) is 2.82. The highest BCUT2D eigenvalue weighted by atomic mass is 32.1. The maximum Gasteiger partial charge on any atom is 0.253 e. The van der Waals surface area contributed by atoms with Crippen LogP contribution in [0.1, 0.15) is 18.9 Å². The number of ether oxygens (including phenoxy) is 1. The Bertz CT molecular complexity index is 804. The molecule has 1 aromatic heterocycles. The van der Waals surface area contributed by atoms with Gasteiger partial charge in [0.2, 0.25) is 0 Å². The van der Waals surface area contributed by atoms with Gasteiger partial charge in [-0.15, -0.1) is 0 Å². The molecule has 2 rings (SSSR count). The van der Waals surface area contributed by atoms with Gasteiger partial charge in [-0.3, -0.25) is 4.79 Å². The maximum absolute atomic E-state index is 12.5. The van der Waals surface area contributed by atoms with Crippen LogP contribution in [-0.2, 0) is 6.54 Å². The number of rotatable bonds is 8. The average molecular weight is 378 g/mol. The van der Waals surface area contributed by atoms with Crippen molar-refractivity contribution < 1.29 is 9.64 Å². The largest absolute Gasteiger partial charge is 0.497 e. The number of H-pyrrole nitrogens is 1. The number of quaternary nitrogens is 1. The van der Waals surface area contributed by atoms with Crippen molar-refractivity contribution >= 4 is 28.2 Å². The van der Waals surface area contributed by atoms with Gasteiger partial charge < -0.3 is 24.8 Å². The highest BCUT2D eigenvalue weighted by molar-refractivity contribution is 7.80. The molecule has 0 aliphatic heterocycles. The Balaban J connectivity index is 2.25. The van der Waals surface area contributed by atoms with E-state index in [9.17, 15) is 4.79 Å². The van der Waals surface area contributed by atoms with Crippen LogP contribution < -0.4 is 20.5 Å². The second kappa shape index (κ2) is 9.54. The van der Waals surface area contributed by atoms with Gasteiger partial charge in [0.05, 0.1) is 34.3 Å². The lowest BCUT2D eigenvalue weighted by atomic mass is 10.1. The standard InChI is InChI=1S/C19H28N4O2S/c1-5-20-19(26)23(10-6-9-22(2)3)13-15-11-14-12-16(25-4)7-8-17(14)21-18(15)24/h7-8,11-12H,5-6,9-10,13H2,1-4H3,(H,20,26)(H,21,24)/p+1. The van der Waals surface area contributed by atoms with Gasteiger partial charge in [0.15, 0.2) is 5.11 Å². The second-order valence-corrected chi connectivity index (χ2v) is 7.03. The minimum Gasteiger partial charge on any atom is -0.497 e. The summed E-state index contributed by atoms with van der Waals surface area (Å²) in [5, 5.41) is 4.83. The van der Waals surface area contributed by atoms with E-state index in [1.807, 2.05) is 31.2 Å². The van der Waals surface area contributed by atoms with E-state index in [1.54, 1.807) is 7.11 Å². The maximum atomic E-state index is 12.5. The molecule has 1 aromatic carbocycles. The zero-order valence-electron chi connectivity index (χ0n) is 16.0. The molecule has 3 N–H and O–H groups in total. The van der Waals surface area contributed by atoms with Crippen LogP contribution in [0.4, 0.5) is 0 Å². The molecular formula is C19H29N4O2S+. The number of hydrogen-bond donors (Lipinski definition) is 3. The normalized spacial score (nSPS) is 11.0. The lowest BCUT2D eigenvalue weighted by Gasteiger charge is -2.25. The fraction of sp³-hybridized carbons (Fsp3) is 0.474. The van der Waals surface area contributed by atoms with E-state index in [1.165, 1.54) is 4.90 Å². The summed E-state index contributed by atoms with van der Waals surface area (Å²) < 4.78 is 5.28. The molecular weight excluding hydrogens is 348 g/mol. The minimum absolute atomic E-state index is 0.0785. The Labute approximate surface area is 160 Å². The van der Waals surface area contributed by atoms with E-state index >= 15 is 0 Å². The molecule has 2 aromatic rings. The quantitative estimate of drug-likeness (QED) is 0.593. The first-order valence-electron chi connectivity index (χ1n) is 8.96. The van der Waals surface area contributed by atoms with Crippen LogP contribution in [0.15, 0.2) is 29.1 Å². The first kappa shape index (κ1) is 20.2. The number of hydrogen-bond acceptors (Lipinski definition) is 3. The molecule has 0 aliphatic carbocycles. The number of nitrogens with zero attached hydrogens (tertiary/aromatic N) is 1. The highest BCUT2D eigenvalue weighted by Gasteiger charge is 2.13. The molecule has 0 fully saturated rings. The lowest BCUT2D eigenvalue weighted by molar-refractivity contribution is -0.858. The van der Waals surface area contributed by atoms with Crippen molar-refractivity contribution in [2.24, 2.45) is 0 Å². The summed E-state index contributed by atoms with van der Waals surface area (Å²) in [6.45, 7) is 5.13. The van der Waals surface area contributed by atoms with Gasteiger partial charge in [0.25, 0.3) is 5.56 Å². The van der Waals surface area contributed by atoms with Crippen LogP contribution in [0.5, 0.6) is 5.75 Å². The number of fused-ring (bicyclic) bond motifs is 1. The smallest absolute Gasteiger partial charge is 0.253 e. The molecule has 0 radical (unpaired) electrons.